The first-order valence-electron chi connectivity index (χ1n) is 5.32. The highest BCUT2D eigenvalue weighted by Gasteiger charge is 2.26. The van der Waals surface area contributed by atoms with Gasteiger partial charge < -0.3 is 4.74 Å². The first-order valence-corrected chi connectivity index (χ1v) is 5.32. The minimum atomic E-state index is -0.530. The van der Waals surface area contributed by atoms with Crippen molar-refractivity contribution in [1.82, 2.24) is 4.90 Å². The van der Waals surface area contributed by atoms with Gasteiger partial charge in [-0.2, -0.15) is 0 Å². The lowest BCUT2D eigenvalue weighted by molar-refractivity contribution is 0.00320. The van der Waals surface area contributed by atoms with Crippen molar-refractivity contribution in [3.05, 3.63) is 0 Å². The number of hydrogen-bond acceptors (Lipinski definition) is 2. The number of rotatable bonds is 1. The number of alkyl halides is 1. The van der Waals surface area contributed by atoms with E-state index in [-0.39, 0.29) is 0 Å². The molecule has 0 aromatic carbocycles. The van der Waals surface area contributed by atoms with Crippen LogP contribution in [0, 0.1) is 0 Å². The third kappa shape index (κ3) is 2.41. The Morgan fingerprint density at radius 3 is 2.23 bits per heavy atom. The molecule has 0 amide bonds. The third-order valence-electron chi connectivity index (χ3n) is 3.19. The van der Waals surface area contributed by atoms with Crippen LogP contribution in [0.4, 0.5) is 4.39 Å². The fourth-order valence-corrected chi connectivity index (χ4v) is 2.34. The summed E-state index contributed by atoms with van der Waals surface area (Å²) in [6.45, 7) is 3.80. The lowest BCUT2D eigenvalue weighted by Gasteiger charge is -2.37. The van der Waals surface area contributed by atoms with E-state index in [4.69, 9.17) is 4.74 Å². The number of hydrogen-bond donors (Lipinski definition) is 0. The van der Waals surface area contributed by atoms with E-state index in [0.29, 0.717) is 6.04 Å². The Bertz CT molecular complexity index is 151. The molecule has 1 aliphatic carbocycles. The highest BCUT2D eigenvalue weighted by Crippen LogP contribution is 2.25. The molecule has 0 radical (unpaired) electrons. The van der Waals surface area contributed by atoms with E-state index < -0.39 is 6.17 Å². The van der Waals surface area contributed by atoms with Gasteiger partial charge in [0.2, 0.25) is 0 Å². The molecule has 2 aliphatic rings. The predicted octanol–water partition coefficient (Wildman–Crippen LogP) is 1.60. The average molecular weight is 187 g/mol. The molecule has 0 bridgehead atoms. The van der Waals surface area contributed by atoms with Gasteiger partial charge in [-0.15, -0.1) is 0 Å². The molecule has 0 aromatic heterocycles. The van der Waals surface area contributed by atoms with Gasteiger partial charge in [0.15, 0.2) is 0 Å². The molecule has 2 nitrogen and oxygen atoms in total. The van der Waals surface area contributed by atoms with Crippen molar-refractivity contribution in [1.29, 1.82) is 0 Å². The quantitative estimate of drug-likeness (QED) is 0.618. The SMILES string of the molecule is FC1CCC(N2CCOCC2)CC1. The van der Waals surface area contributed by atoms with E-state index in [1.807, 2.05) is 0 Å². The number of nitrogens with zero attached hydrogens (tertiary/aromatic N) is 1. The molecular weight excluding hydrogens is 169 g/mol. The first kappa shape index (κ1) is 9.41. The van der Waals surface area contributed by atoms with Crippen LogP contribution < -0.4 is 0 Å². The summed E-state index contributed by atoms with van der Waals surface area (Å²) >= 11 is 0. The summed E-state index contributed by atoms with van der Waals surface area (Å²) < 4.78 is 18.2. The number of ether oxygens (including phenoxy) is 1. The summed E-state index contributed by atoms with van der Waals surface area (Å²) in [5.74, 6) is 0. The van der Waals surface area contributed by atoms with Crippen LogP contribution in [0.2, 0.25) is 0 Å². The molecular formula is C10H18FNO. The van der Waals surface area contributed by atoms with E-state index in [1.165, 1.54) is 0 Å². The summed E-state index contributed by atoms with van der Waals surface area (Å²) in [5, 5.41) is 0. The van der Waals surface area contributed by atoms with Crippen molar-refractivity contribution in [2.45, 2.75) is 37.9 Å². The van der Waals surface area contributed by atoms with Crippen LogP contribution in [-0.4, -0.2) is 43.4 Å². The summed E-state index contributed by atoms with van der Waals surface area (Å²) in [5.41, 5.74) is 0. The average Bonchev–Trinajstić information content (AvgIpc) is 2.20. The molecule has 0 aromatic rings. The maximum atomic E-state index is 12.9. The molecule has 0 spiro atoms. The van der Waals surface area contributed by atoms with Crippen LogP contribution in [0.3, 0.4) is 0 Å². The lowest BCUT2D eigenvalue weighted by atomic mass is 9.92. The molecule has 0 atom stereocenters. The predicted molar refractivity (Wildman–Crippen MR) is 49.5 cm³/mol. The molecule has 1 saturated heterocycles. The lowest BCUT2D eigenvalue weighted by Crippen LogP contribution is -2.45. The minimum Gasteiger partial charge on any atom is -0.379 e. The third-order valence-corrected chi connectivity index (χ3v) is 3.19. The highest BCUT2D eigenvalue weighted by molar-refractivity contribution is 4.80. The van der Waals surface area contributed by atoms with Gasteiger partial charge >= 0.3 is 0 Å². The van der Waals surface area contributed by atoms with Gasteiger partial charge in [-0.25, -0.2) is 4.39 Å². The van der Waals surface area contributed by atoms with Gasteiger partial charge in [0.25, 0.3) is 0 Å². The fourth-order valence-electron chi connectivity index (χ4n) is 2.34. The van der Waals surface area contributed by atoms with Crippen LogP contribution in [0.25, 0.3) is 0 Å². The van der Waals surface area contributed by atoms with E-state index in [9.17, 15) is 4.39 Å². The van der Waals surface area contributed by atoms with E-state index >= 15 is 0 Å². The van der Waals surface area contributed by atoms with Gasteiger partial charge in [0.1, 0.15) is 6.17 Å². The van der Waals surface area contributed by atoms with Gasteiger partial charge in [0.05, 0.1) is 13.2 Å². The Kier molecular flexibility index (Phi) is 3.17. The van der Waals surface area contributed by atoms with Crippen molar-refractivity contribution in [3.8, 4) is 0 Å². The molecule has 1 saturated carbocycles. The molecule has 13 heavy (non-hydrogen) atoms. The monoisotopic (exact) mass is 187 g/mol. The molecule has 3 heteroatoms. The highest BCUT2D eigenvalue weighted by atomic mass is 19.1. The Morgan fingerprint density at radius 1 is 1.00 bits per heavy atom. The van der Waals surface area contributed by atoms with Crippen LogP contribution in [0.5, 0.6) is 0 Å². The molecule has 0 unspecified atom stereocenters. The molecule has 2 rings (SSSR count). The van der Waals surface area contributed by atoms with Crippen LogP contribution in [-0.2, 0) is 4.74 Å². The maximum Gasteiger partial charge on any atom is 0.100 e. The molecule has 76 valence electrons. The topological polar surface area (TPSA) is 12.5 Å². The van der Waals surface area contributed by atoms with Crippen molar-refractivity contribution in [3.63, 3.8) is 0 Å². The largest absolute Gasteiger partial charge is 0.379 e. The van der Waals surface area contributed by atoms with Gasteiger partial charge in [-0.3, -0.25) is 4.90 Å². The van der Waals surface area contributed by atoms with E-state index in [0.717, 1.165) is 52.0 Å². The normalized spacial score (nSPS) is 37.6. The molecule has 1 heterocycles. The van der Waals surface area contributed by atoms with E-state index in [1.54, 1.807) is 0 Å². The molecule has 1 aliphatic heterocycles. The minimum absolute atomic E-state index is 0.530. The van der Waals surface area contributed by atoms with Crippen molar-refractivity contribution in [2.24, 2.45) is 0 Å². The fraction of sp³-hybridized carbons (Fsp3) is 1.00. The van der Waals surface area contributed by atoms with Crippen LogP contribution in [0.1, 0.15) is 25.7 Å². The second-order valence-corrected chi connectivity index (χ2v) is 4.05. The van der Waals surface area contributed by atoms with Gasteiger partial charge in [-0.05, 0) is 25.7 Å². The smallest absolute Gasteiger partial charge is 0.100 e. The zero-order valence-corrected chi connectivity index (χ0v) is 8.04. The number of halogens is 1. The second kappa shape index (κ2) is 4.38. The summed E-state index contributed by atoms with van der Waals surface area (Å²) in [6.07, 6.45) is 3.09. The Balaban J connectivity index is 1.79. The summed E-state index contributed by atoms with van der Waals surface area (Å²) in [6, 6.07) is 0.635. The van der Waals surface area contributed by atoms with Crippen LogP contribution >= 0.6 is 0 Å². The summed E-state index contributed by atoms with van der Waals surface area (Å²) in [4.78, 5) is 2.47. The first-order chi connectivity index (χ1) is 6.36. The van der Waals surface area contributed by atoms with Gasteiger partial charge in [-0.1, -0.05) is 0 Å². The zero-order chi connectivity index (χ0) is 9.10. The van der Waals surface area contributed by atoms with E-state index in [2.05, 4.69) is 4.90 Å². The standard InChI is InChI=1S/C10H18FNO/c11-9-1-3-10(4-2-9)12-5-7-13-8-6-12/h9-10H,1-8H2. The Hall–Kier alpha value is -0.150. The van der Waals surface area contributed by atoms with Crippen molar-refractivity contribution < 1.29 is 9.13 Å². The van der Waals surface area contributed by atoms with Gasteiger partial charge in [0, 0.05) is 19.1 Å². The maximum absolute atomic E-state index is 12.9. The summed E-state index contributed by atoms with van der Waals surface area (Å²) in [7, 11) is 0. The molecule has 0 N–H and O–H groups in total. The second-order valence-electron chi connectivity index (χ2n) is 4.05. The number of morpholine rings is 1. The van der Waals surface area contributed by atoms with Crippen LogP contribution in [0.15, 0.2) is 0 Å². The Labute approximate surface area is 79.1 Å². The Morgan fingerprint density at radius 2 is 1.62 bits per heavy atom. The zero-order valence-electron chi connectivity index (χ0n) is 8.04. The van der Waals surface area contributed by atoms with Crippen molar-refractivity contribution >= 4 is 0 Å². The van der Waals surface area contributed by atoms with Crippen molar-refractivity contribution in [2.75, 3.05) is 26.3 Å². The molecule has 2 fully saturated rings.